The number of aliphatic carboxylic acids is 1. The Morgan fingerprint density at radius 3 is 2.07 bits per heavy atom. The zero-order chi connectivity index (χ0) is 10.6. The summed E-state index contributed by atoms with van der Waals surface area (Å²) in [5, 5.41) is 10.3. The number of Topliss-reactive ketones (excluding diaryl/α,β-unsaturated/α-hetero) is 1. The van der Waals surface area contributed by atoms with Crippen molar-refractivity contribution in [3.8, 4) is 0 Å². The standard InChI is InChI=1S/C8H12F2O3.Na/c1-5(11)3-6(7(12)13)4-8(2,9)10;/h6H,3-4H2,1-2H3,(H,12,13);/q;+1/p-1. The van der Waals surface area contributed by atoms with E-state index < -0.39 is 36.4 Å². The fourth-order valence-electron chi connectivity index (χ4n) is 1.02. The van der Waals surface area contributed by atoms with Crippen molar-refractivity contribution in [3.63, 3.8) is 0 Å². The molecule has 1 atom stereocenters. The van der Waals surface area contributed by atoms with Crippen molar-refractivity contribution < 1.29 is 53.0 Å². The molecule has 0 heterocycles. The summed E-state index contributed by atoms with van der Waals surface area (Å²) in [7, 11) is 0. The van der Waals surface area contributed by atoms with Crippen LogP contribution in [0, 0.1) is 5.92 Å². The van der Waals surface area contributed by atoms with E-state index in [2.05, 4.69) is 0 Å². The second-order valence-electron chi connectivity index (χ2n) is 3.20. The van der Waals surface area contributed by atoms with E-state index in [4.69, 9.17) is 0 Å². The SMILES string of the molecule is CC(=O)CC(CC(C)(F)F)C(=O)[O-].[Na+]. The Balaban J connectivity index is 0. The third kappa shape index (κ3) is 8.59. The molecule has 0 bridgehead atoms. The Morgan fingerprint density at radius 2 is 1.86 bits per heavy atom. The van der Waals surface area contributed by atoms with E-state index in [1.807, 2.05) is 0 Å². The van der Waals surface area contributed by atoms with Gasteiger partial charge in [-0.3, -0.25) is 0 Å². The summed E-state index contributed by atoms with van der Waals surface area (Å²) >= 11 is 0. The Labute approximate surface area is 103 Å². The molecular formula is C8H11F2NaO3. The van der Waals surface area contributed by atoms with Crippen LogP contribution in [0.3, 0.4) is 0 Å². The van der Waals surface area contributed by atoms with Gasteiger partial charge in [-0.15, -0.1) is 0 Å². The molecule has 0 spiro atoms. The van der Waals surface area contributed by atoms with Crippen molar-refractivity contribution in [2.75, 3.05) is 0 Å². The van der Waals surface area contributed by atoms with Gasteiger partial charge < -0.3 is 14.7 Å². The van der Waals surface area contributed by atoms with Crippen molar-refractivity contribution in [1.29, 1.82) is 0 Å². The molecule has 0 aliphatic rings. The molecule has 0 aromatic rings. The van der Waals surface area contributed by atoms with E-state index in [0.29, 0.717) is 6.92 Å². The smallest absolute Gasteiger partial charge is 0.550 e. The minimum Gasteiger partial charge on any atom is -0.550 e. The molecule has 0 saturated carbocycles. The Hall–Kier alpha value is 0. The molecule has 0 saturated heterocycles. The molecule has 1 unspecified atom stereocenters. The molecule has 0 fully saturated rings. The number of alkyl halides is 2. The average Bonchev–Trinajstić information content (AvgIpc) is 1.81. The van der Waals surface area contributed by atoms with Gasteiger partial charge in [0.25, 0.3) is 0 Å². The molecule has 0 aliphatic carbocycles. The van der Waals surface area contributed by atoms with E-state index >= 15 is 0 Å². The van der Waals surface area contributed by atoms with E-state index in [1.165, 1.54) is 0 Å². The van der Waals surface area contributed by atoms with Crippen LogP contribution in [0.4, 0.5) is 8.78 Å². The topological polar surface area (TPSA) is 57.2 Å². The van der Waals surface area contributed by atoms with E-state index in [-0.39, 0.29) is 29.6 Å². The second-order valence-corrected chi connectivity index (χ2v) is 3.20. The Bertz CT molecular complexity index is 213. The quantitative estimate of drug-likeness (QED) is 0.473. The van der Waals surface area contributed by atoms with Crippen molar-refractivity contribution in [1.82, 2.24) is 0 Å². The molecule has 0 radical (unpaired) electrons. The molecule has 0 N–H and O–H groups in total. The number of halogens is 2. The van der Waals surface area contributed by atoms with Gasteiger partial charge in [0.2, 0.25) is 5.92 Å². The summed E-state index contributed by atoms with van der Waals surface area (Å²) in [5.41, 5.74) is 0. The van der Waals surface area contributed by atoms with Gasteiger partial charge >= 0.3 is 29.6 Å². The number of hydrogen-bond donors (Lipinski definition) is 0. The summed E-state index contributed by atoms with van der Waals surface area (Å²) in [5.74, 6) is -6.51. The first-order valence-corrected chi connectivity index (χ1v) is 3.80. The zero-order valence-electron chi connectivity index (χ0n) is 8.47. The maximum absolute atomic E-state index is 12.4. The Morgan fingerprint density at radius 1 is 1.43 bits per heavy atom. The molecule has 14 heavy (non-hydrogen) atoms. The third-order valence-corrected chi connectivity index (χ3v) is 1.47. The van der Waals surface area contributed by atoms with Crippen LogP contribution in [0.15, 0.2) is 0 Å². The summed E-state index contributed by atoms with van der Waals surface area (Å²) in [6.07, 6.45) is -1.25. The zero-order valence-corrected chi connectivity index (χ0v) is 10.5. The first kappa shape index (κ1) is 16.4. The van der Waals surface area contributed by atoms with Crippen LogP contribution in [0.2, 0.25) is 0 Å². The van der Waals surface area contributed by atoms with E-state index in [9.17, 15) is 23.5 Å². The normalized spacial score (nSPS) is 12.9. The molecule has 0 rings (SSSR count). The second kappa shape index (κ2) is 6.48. The van der Waals surface area contributed by atoms with Gasteiger partial charge in [-0.2, -0.15) is 0 Å². The number of carbonyl (C=O) groups excluding carboxylic acids is 2. The first-order chi connectivity index (χ1) is 5.72. The monoisotopic (exact) mass is 216 g/mol. The number of carboxylic acid groups (broad SMARTS) is 1. The Kier molecular flexibility index (Phi) is 7.60. The maximum atomic E-state index is 12.4. The van der Waals surface area contributed by atoms with E-state index in [0.717, 1.165) is 6.92 Å². The average molecular weight is 216 g/mol. The van der Waals surface area contributed by atoms with Gasteiger partial charge in [-0.25, -0.2) is 8.78 Å². The van der Waals surface area contributed by atoms with Gasteiger partial charge in [0.1, 0.15) is 5.78 Å². The molecule has 3 nitrogen and oxygen atoms in total. The molecule has 0 aliphatic heterocycles. The number of carboxylic acids is 1. The molecule has 76 valence electrons. The van der Waals surface area contributed by atoms with Gasteiger partial charge in [0.15, 0.2) is 0 Å². The van der Waals surface area contributed by atoms with Crippen LogP contribution in [0.25, 0.3) is 0 Å². The molecular weight excluding hydrogens is 205 g/mol. The summed E-state index contributed by atoms with van der Waals surface area (Å²) in [6.45, 7) is 1.77. The number of rotatable bonds is 5. The van der Waals surface area contributed by atoms with Crippen molar-refractivity contribution in [3.05, 3.63) is 0 Å². The van der Waals surface area contributed by atoms with Gasteiger partial charge in [-0.05, 0) is 13.8 Å². The van der Waals surface area contributed by atoms with Crippen LogP contribution in [0.1, 0.15) is 26.7 Å². The van der Waals surface area contributed by atoms with E-state index in [1.54, 1.807) is 0 Å². The number of carbonyl (C=O) groups is 2. The molecule has 0 aromatic carbocycles. The van der Waals surface area contributed by atoms with Crippen molar-refractivity contribution >= 4 is 11.8 Å². The minimum atomic E-state index is -3.08. The van der Waals surface area contributed by atoms with Crippen LogP contribution >= 0.6 is 0 Å². The summed E-state index contributed by atoms with van der Waals surface area (Å²) in [6, 6.07) is 0. The summed E-state index contributed by atoms with van der Waals surface area (Å²) < 4.78 is 24.8. The van der Waals surface area contributed by atoms with Crippen LogP contribution in [-0.4, -0.2) is 17.7 Å². The van der Waals surface area contributed by atoms with Gasteiger partial charge in [0, 0.05) is 24.7 Å². The fraction of sp³-hybridized carbons (Fsp3) is 0.750. The predicted molar refractivity (Wildman–Crippen MR) is 39.0 cm³/mol. The maximum Gasteiger partial charge on any atom is 1.00 e. The predicted octanol–water partition coefficient (Wildman–Crippen LogP) is -2.62. The molecule has 0 amide bonds. The minimum absolute atomic E-state index is 0. The van der Waals surface area contributed by atoms with Crippen LogP contribution in [0.5, 0.6) is 0 Å². The number of hydrogen-bond acceptors (Lipinski definition) is 3. The fourth-order valence-corrected chi connectivity index (χ4v) is 1.02. The van der Waals surface area contributed by atoms with Gasteiger partial charge in [-0.1, -0.05) is 0 Å². The molecule has 6 heteroatoms. The van der Waals surface area contributed by atoms with Crippen molar-refractivity contribution in [2.24, 2.45) is 5.92 Å². The van der Waals surface area contributed by atoms with Crippen LogP contribution < -0.4 is 34.7 Å². The number of ketones is 1. The summed E-state index contributed by atoms with van der Waals surface area (Å²) in [4.78, 5) is 20.8. The first-order valence-electron chi connectivity index (χ1n) is 3.80. The largest absolute Gasteiger partial charge is 1.00 e. The molecule has 0 aromatic heterocycles. The third-order valence-electron chi connectivity index (χ3n) is 1.47. The van der Waals surface area contributed by atoms with Crippen molar-refractivity contribution in [2.45, 2.75) is 32.6 Å². The van der Waals surface area contributed by atoms with Crippen LogP contribution in [-0.2, 0) is 9.59 Å². The van der Waals surface area contributed by atoms with Gasteiger partial charge in [0.05, 0.1) is 0 Å².